The number of rotatable bonds is 6. The lowest BCUT2D eigenvalue weighted by Crippen LogP contribution is -2.53. The highest BCUT2D eigenvalue weighted by Gasteiger charge is 2.29. The molecule has 2 amide bonds. The van der Waals surface area contributed by atoms with Crippen molar-refractivity contribution in [3.8, 4) is 0 Å². The van der Waals surface area contributed by atoms with Crippen LogP contribution in [0.4, 0.5) is 0 Å². The fourth-order valence-electron chi connectivity index (χ4n) is 2.13. The van der Waals surface area contributed by atoms with Gasteiger partial charge in [-0.2, -0.15) is 11.8 Å². The third-order valence-electron chi connectivity index (χ3n) is 3.50. The Balaban J connectivity index is 2.05. The number of likely N-dealkylation sites (tertiary alicyclic amines) is 1. The fraction of sp³-hybridized carbons (Fsp3) is 0.467. The van der Waals surface area contributed by atoms with Gasteiger partial charge in [0.2, 0.25) is 5.91 Å². The summed E-state index contributed by atoms with van der Waals surface area (Å²) in [7, 11) is 0. The Morgan fingerprint density at radius 3 is 2.67 bits per heavy atom. The number of nitrogens with one attached hydrogen (secondary N) is 1. The van der Waals surface area contributed by atoms with Crippen LogP contribution < -0.4 is 5.32 Å². The lowest BCUT2D eigenvalue weighted by molar-refractivity contribution is -0.136. The Labute approximate surface area is 137 Å². The highest BCUT2D eigenvalue weighted by molar-refractivity contribution is 9.10. The molecule has 4 nitrogen and oxygen atoms in total. The molecular weight excluding hydrogens is 352 g/mol. The van der Waals surface area contributed by atoms with Gasteiger partial charge in [0.05, 0.1) is 5.56 Å². The first-order valence-electron chi connectivity index (χ1n) is 6.96. The van der Waals surface area contributed by atoms with E-state index in [2.05, 4.69) is 21.2 Å². The van der Waals surface area contributed by atoms with Gasteiger partial charge in [0.25, 0.3) is 5.91 Å². The summed E-state index contributed by atoms with van der Waals surface area (Å²) in [6.07, 6.45) is 3.71. The van der Waals surface area contributed by atoms with Gasteiger partial charge in [-0.3, -0.25) is 9.59 Å². The number of hydrogen-bond donors (Lipinski definition) is 1. The van der Waals surface area contributed by atoms with Gasteiger partial charge in [0, 0.05) is 17.6 Å². The van der Waals surface area contributed by atoms with Crippen LogP contribution in [0.15, 0.2) is 28.7 Å². The minimum absolute atomic E-state index is 0.0377. The van der Waals surface area contributed by atoms with E-state index in [9.17, 15) is 9.59 Å². The second-order valence-electron chi connectivity index (χ2n) is 4.97. The van der Waals surface area contributed by atoms with Crippen molar-refractivity contribution in [1.29, 1.82) is 0 Å². The lowest BCUT2D eigenvalue weighted by Gasteiger charge is -2.34. The van der Waals surface area contributed by atoms with Crippen LogP contribution in [0.2, 0.25) is 0 Å². The topological polar surface area (TPSA) is 49.4 Å². The Bertz CT molecular complexity index is 520. The molecule has 1 heterocycles. The van der Waals surface area contributed by atoms with Crippen LogP contribution in [0.25, 0.3) is 0 Å². The SMILES string of the molecule is CSCC[C@@H](NC(=O)c1ccccc1Br)C(=O)N1CCC1. The molecule has 0 saturated carbocycles. The maximum absolute atomic E-state index is 12.4. The molecule has 6 heteroatoms. The average molecular weight is 371 g/mol. The van der Waals surface area contributed by atoms with Crippen molar-refractivity contribution >= 4 is 39.5 Å². The summed E-state index contributed by atoms with van der Waals surface area (Å²) in [4.78, 5) is 26.5. The quantitative estimate of drug-likeness (QED) is 0.836. The van der Waals surface area contributed by atoms with E-state index in [4.69, 9.17) is 0 Å². The maximum Gasteiger partial charge on any atom is 0.253 e. The highest BCUT2D eigenvalue weighted by Crippen LogP contribution is 2.17. The summed E-state index contributed by atoms with van der Waals surface area (Å²) in [5.41, 5.74) is 0.558. The van der Waals surface area contributed by atoms with Crippen molar-refractivity contribution < 1.29 is 9.59 Å². The second kappa shape index (κ2) is 7.84. The van der Waals surface area contributed by atoms with E-state index >= 15 is 0 Å². The van der Waals surface area contributed by atoms with Crippen LogP contribution >= 0.6 is 27.7 Å². The summed E-state index contributed by atoms with van der Waals surface area (Å²) in [6, 6.07) is 6.81. The molecule has 0 radical (unpaired) electrons. The van der Waals surface area contributed by atoms with Gasteiger partial charge in [-0.25, -0.2) is 0 Å². The normalized spacial score (nSPS) is 15.2. The number of halogens is 1. The van der Waals surface area contributed by atoms with Gasteiger partial charge in [0.15, 0.2) is 0 Å². The van der Waals surface area contributed by atoms with Crippen molar-refractivity contribution in [3.63, 3.8) is 0 Å². The van der Waals surface area contributed by atoms with Crippen LogP contribution in [-0.2, 0) is 4.79 Å². The van der Waals surface area contributed by atoms with Crippen molar-refractivity contribution in [2.45, 2.75) is 18.9 Å². The number of hydrogen-bond acceptors (Lipinski definition) is 3. The first kappa shape index (κ1) is 16.4. The fourth-order valence-corrected chi connectivity index (χ4v) is 3.07. The minimum Gasteiger partial charge on any atom is -0.341 e. The molecule has 1 aromatic carbocycles. The Morgan fingerprint density at radius 2 is 2.10 bits per heavy atom. The van der Waals surface area contributed by atoms with Crippen molar-refractivity contribution in [1.82, 2.24) is 10.2 Å². The molecule has 0 aliphatic carbocycles. The summed E-state index contributed by atoms with van der Waals surface area (Å²) in [6.45, 7) is 1.61. The number of carbonyl (C=O) groups excluding carboxylic acids is 2. The summed E-state index contributed by atoms with van der Waals surface area (Å²) in [5.74, 6) is 0.679. The molecule has 114 valence electrons. The molecule has 1 aliphatic rings. The maximum atomic E-state index is 12.4. The van der Waals surface area contributed by atoms with E-state index in [-0.39, 0.29) is 11.8 Å². The molecule has 1 fully saturated rings. The number of nitrogens with zero attached hydrogens (tertiary/aromatic N) is 1. The molecule has 1 atom stereocenters. The van der Waals surface area contributed by atoms with Crippen molar-refractivity contribution in [2.24, 2.45) is 0 Å². The van der Waals surface area contributed by atoms with Crippen LogP contribution in [0.1, 0.15) is 23.2 Å². The molecule has 1 aliphatic heterocycles. The summed E-state index contributed by atoms with van der Waals surface area (Å²) >= 11 is 5.05. The van der Waals surface area contributed by atoms with Crippen LogP contribution in [0, 0.1) is 0 Å². The molecule has 1 N–H and O–H groups in total. The molecule has 0 unspecified atom stereocenters. The van der Waals surface area contributed by atoms with Crippen LogP contribution in [-0.4, -0.2) is 47.9 Å². The van der Waals surface area contributed by atoms with Gasteiger partial charge >= 0.3 is 0 Å². The average Bonchev–Trinajstić information content (AvgIpc) is 2.41. The smallest absolute Gasteiger partial charge is 0.253 e. The van der Waals surface area contributed by atoms with E-state index in [0.717, 1.165) is 29.7 Å². The first-order chi connectivity index (χ1) is 10.1. The molecule has 0 spiro atoms. The minimum atomic E-state index is -0.433. The van der Waals surface area contributed by atoms with Gasteiger partial charge in [-0.05, 0) is 52.9 Å². The largest absolute Gasteiger partial charge is 0.341 e. The van der Waals surface area contributed by atoms with Gasteiger partial charge in [0.1, 0.15) is 6.04 Å². The van der Waals surface area contributed by atoms with E-state index in [1.807, 2.05) is 29.4 Å². The van der Waals surface area contributed by atoms with E-state index in [1.165, 1.54) is 0 Å². The van der Waals surface area contributed by atoms with Gasteiger partial charge in [-0.1, -0.05) is 12.1 Å². The van der Waals surface area contributed by atoms with E-state index < -0.39 is 6.04 Å². The first-order valence-corrected chi connectivity index (χ1v) is 9.15. The third kappa shape index (κ3) is 4.23. The van der Waals surface area contributed by atoms with Crippen molar-refractivity contribution in [2.75, 3.05) is 25.1 Å². The molecular formula is C15H19BrN2O2S. The molecule has 1 aromatic rings. The molecule has 21 heavy (non-hydrogen) atoms. The predicted octanol–water partition coefficient (Wildman–Crippen LogP) is 2.53. The summed E-state index contributed by atoms with van der Waals surface area (Å²) < 4.78 is 0.738. The van der Waals surface area contributed by atoms with Gasteiger partial charge < -0.3 is 10.2 Å². The number of benzene rings is 1. The van der Waals surface area contributed by atoms with Crippen LogP contribution in [0.3, 0.4) is 0 Å². The lowest BCUT2D eigenvalue weighted by atomic mass is 10.1. The summed E-state index contributed by atoms with van der Waals surface area (Å²) in [5, 5.41) is 2.88. The zero-order valence-electron chi connectivity index (χ0n) is 12.0. The Kier molecular flexibility index (Phi) is 6.11. The number of amides is 2. The molecule has 2 rings (SSSR count). The second-order valence-corrected chi connectivity index (χ2v) is 6.81. The van der Waals surface area contributed by atoms with E-state index in [1.54, 1.807) is 17.8 Å². The molecule has 1 saturated heterocycles. The van der Waals surface area contributed by atoms with Crippen molar-refractivity contribution in [3.05, 3.63) is 34.3 Å². The standard InChI is InChI=1S/C15H19BrN2O2S/c1-21-10-7-13(15(20)18-8-4-9-18)17-14(19)11-5-2-3-6-12(11)16/h2-3,5-6,13H,4,7-10H2,1H3,(H,17,19)/t13-/m1/s1. The number of thioether (sulfide) groups is 1. The predicted molar refractivity (Wildman–Crippen MR) is 89.6 cm³/mol. The van der Waals surface area contributed by atoms with E-state index in [0.29, 0.717) is 12.0 Å². The zero-order chi connectivity index (χ0) is 15.2. The Hall–Kier alpha value is -1.01. The zero-order valence-corrected chi connectivity index (χ0v) is 14.4. The highest BCUT2D eigenvalue weighted by atomic mass is 79.9. The molecule has 0 bridgehead atoms. The van der Waals surface area contributed by atoms with Gasteiger partial charge in [-0.15, -0.1) is 0 Å². The Morgan fingerprint density at radius 1 is 1.38 bits per heavy atom. The molecule has 0 aromatic heterocycles. The van der Waals surface area contributed by atoms with Crippen LogP contribution in [0.5, 0.6) is 0 Å². The number of carbonyl (C=O) groups is 2. The monoisotopic (exact) mass is 370 g/mol. The third-order valence-corrected chi connectivity index (χ3v) is 4.84.